The van der Waals surface area contributed by atoms with Crippen LogP contribution in [0, 0.1) is 0 Å². The molecule has 1 saturated heterocycles. The lowest BCUT2D eigenvalue weighted by Crippen LogP contribution is -2.42. The molecule has 23 heavy (non-hydrogen) atoms. The van der Waals surface area contributed by atoms with Gasteiger partial charge in [-0.05, 0) is 37.1 Å². The van der Waals surface area contributed by atoms with Crippen molar-refractivity contribution in [2.45, 2.75) is 39.0 Å². The van der Waals surface area contributed by atoms with Crippen LogP contribution in [0.15, 0.2) is 29.3 Å². The fraction of sp³-hybridized carbons (Fsp3) is 0.588. The van der Waals surface area contributed by atoms with Crippen LogP contribution in [0.2, 0.25) is 0 Å². The Hall–Kier alpha value is -0.860. The first-order valence-corrected chi connectivity index (χ1v) is 8.07. The van der Waals surface area contributed by atoms with Crippen molar-refractivity contribution in [2.24, 2.45) is 10.7 Å². The molecule has 0 aromatic heterocycles. The molecule has 130 valence electrons. The highest BCUT2D eigenvalue weighted by molar-refractivity contribution is 14.0. The maximum atomic E-state index is 5.98. The zero-order valence-corrected chi connectivity index (χ0v) is 16.5. The predicted molar refractivity (Wildman–Crippen MR) is 106 cm³/mol. The van der Waals surface area contributed by atoms with Gasteiger partial charge in [0.1, 0.15) is 0 Å². The molecule has 0 saturated carbocycles. The number of nitrogens with one attached hydrogen (secondary N) is 1. The largest absolute Gasteiger partial charge is 0.380 e. The summed E-state index contributed by atoms with van der Waals surface area (Å²) in [4.78, 5) is 6.93. The predicted octanol–water partition coefficient (Wildman–Crippen LogP) is 2.34. The zero-order valence-electron chi connectivity index (χ0n) is 14.1. The molecule has 0 radical (unpaired) electrons. The van der Waals surface area contributed by atoms with Gasteiger partial charge in [0.15, 0.2) is 5.96 Å². The summed E-state index contributed by atoms with van der Waals surface area (Å²) in [6.07, 6.45) is 2.52. The van der Waals surface area contributed by atoms with Gasteiger partial charge in [-0.1, -0.05) is 31.2 Å². The third-order valence-corrected chi connectivity index (χ3v) is 4.16. The highest BCUT2D eigenvalue weighted by Gasteiger charge is 2.22. The van der Waals surface area contributed by atoms with Gasteiger partial charge in [-0.15, -0.1) is 24.0 Å². The number of benzene rings is 1. The Kier molecular flexibility index (Phi) is 9.50. The maximum absolute atomic E-state index is 5.98. The van der Waals surface area contributed by atoms with E-state index in [1.807, 2.05) is 6.07 Å². The van der Waals surface area contributed by atoms with Gasteiger partial charge in [-0.25, -0.2) is 4.99 Å². The molecule has 0 amide bonds. The third-order valence-electron chi connectivity index (χ3n) is 4.16. The average Bonchev–Trinajstić information content (AvgIpc) is 2.99. The van der Waals surface area contributed by atoms with Crippen molar-refractivity contribution in [3.05, 3.63) is 35.4 Å². The fourth-order valence-corrected chi connectivity index (χ4v) is 2.98. The van der Waals surface area contributed by atoms with Gasteiger partial charge in [0, 0.05) is 19.7 Å². The van der Waals surface area contributed by atoms with Crippen molar-refractivity contribution in [3.8, 4) is 0 Å². The number of rotatable bonds is 7. The number of ether oxygens (including phenoxy) is 1. The highest BCUT2D eigenvalue weighted by Crippen LogP contribution is 2.15. The normalized spacial score (nSPS) is 18.7. The summed E-state index contributed by atoms with van der Waals surface area (Å²) in [7, 11) is 1.70. The minimum absolute atomic E-state index is 0. The molecular weight excluding hydrogens is 403 g/mol. The minimum atomic E-state index is 0. The first-order chi connectivity index (χ1) is 10.7. The van der Waals surface area contributed by atoms with Crippen molar-refractivity contribution in [3.63, 3.8) is 0 Å². The second-order valence-corrected chi connectivity index (χ2v) is 5.76. The van der Waals surface area contributed by atoms with Crippen LogP contribution in [0.1, 0.15) is 30.9 Å². The molecule has 1 aliphatic heterocycles. The lowest BCUT2D eigenvalue weighted by atomic mass is 10.1. The number of nitrogens with two attached hydrogens (primary N) is 1. The molecule has 1 atom stereocenters. The maximum Gasteiger partial charge on any atom is 0.188 e. The van der Waals surface area contributed by atoms with Crippen LogP contribution in [-0.2, 0) is 17.9 Å². The Bertz CT molecular complexity index is 495. The van der Waals surface area contributed by atoms with E-state index in [2.05, 4.69) is 40.3 Å². The summed E-state index contributed by atoms with van der Waals surface area (Å²) in [6.45, 7) is 6.62. The van der Waals surface area contributed by atoms with Gasteiger partial charge in [-0.3, -0.25) is 4.90 Å². The Morgan fingerprint density at radius 1 is 1.43 bits per heavy atom. The summed E-state index contributed by atoms with van der Waals surface area (Å²) >= 11 is 0. The van der Waals surface area contributed by atoms with Gasteiger partial charge >= 0.3 is 0 Å². The molecule has 1 unspecified atom stereocenters. The molecule has 6 heteroatoms. The third kappa shape index (κ3) is 6.64. The Morgan fingerprint density at radius 3 is 2.96 bits per heavy atom. The second-order valence-electron chi connectivity index (χ2n) is 5.76. The van der Waals surface area contributed by atoms with E-state index in [9.17, 15) is 0 Å². The van der Waals surface area contributed by atoms with E-state index in [1.54, 1.807) is 7.11 Å². The van der Waals surface area contributed by atoms with Gasteiger partial charge in [0.2, 0.25) is 0 Å². The standard InChI is InChI=1S/C17H28N4O.HI/c1-3-21-9-5-8-16(21)12-20-17(18)19-11-14-6-4-7-15(10-14)13-22-2;/h4,6-7,10,16H,3,5,8-9,11-13H2,1-2H3,(H3,18,19,20);1H. The van der Waals surface area contributed by atoms with Crippen LogP contribution >= 0.6 is 24.0 Å². The van der Waals surface area contributed by atoms with E-state index in [1.165, 1.54) is 19.4 Å². The molecule has 0 spiro atoms. The lowest BCUT2D eigenvalue weighted by molar-refractivity contribution is 0.185. The average molecular weight is 432 g/mol. The van der Waals surface area contributed by atoms with E-state index < -0.39 is 0 Å². The molecule has 1 aromatic carbocycles. The summed E-state index contributed by atoms with van der Waals surface area (Å²) in [5, 5.41) is 3.26. The van der Waals surface area contributed by atoms with Crippen LogP contribution in [0.3, 0.4) is 0 Å². The van der Waals surface area contributed by atoms with Crippen molar-refractivity contribution >= 4 is 29.9 Å². The summed E-state index contributed by atoms with van der Waals surface area (Å²) in [6, 6.07) is 8.84. The Balaban J connectivity index is 0.00000264. The molecule has 0 aliphatic carbocycles. The number of likely N-dealkylation sites (N-methyl/N-ethyl adjacent to an activating group) is 1. The first-order valence-electron chi connectivity index (χ1n) is 8.07. The molecule has 5 nitrogen and oxygen atoms in total. The Morgan fingerprint density at radius 2 is 2.22 bits per heavy atom. The second kappa shape index (κ2) is 10.8. The van der Waals surface area contributed by atoms with Crippen molar-refractivity contribution in [2.75, 3.05) is 26.7 Å². The summed E-state index contributed by atoms with van der Waals surface area (Å²) < 4.78 is 5.15. The van der Waals surface area contributed by atoms with Gasteiger partial charge < -0.3 is 15.8 Å². The molecule has 3 N–H and O–H groups in total. The molecule has 1 aliphatic rings. The number of halogens is 1. The van der Waals surface area contributed by atoms with Gasteiger partial charge in [-0.2, -0.15) is 0 Å². The topological polar surface area (TPSA) is 62.9 Å². The number of hydrogen-bond acceptors (Lipinski definition) is 3. The number of methoxy groups -OCH3 is 1. The number of hydrogen-bond donors (Lipinski definition) is 2. The highest BCUT2D eigenvalue weighted by atomic mass is 127. The SMILES string of the molecule is CCN1CCCC1CNC(N)=NCc1cccc(COC)c1.I. The van der Waals surface area contributed by atoms with E-state index in [0.29, 0.717) is 25.2 Å². The minimum Gasteiger partial charge on any atom is -0.380 e. The fourth-order valence-electron chi connectivity index (χ4n) is 2.98. The van der Waals surface area contributed by atoms with Gasteiger partial charge in [0.05, 0.1) is 13.2 Å². The number of aliphatic imine (C=N–C) groups is 1. The van der Waals surface area contributed by atoms with Crippen LogP contribution in [0.4, 0.5) is 0 Å². The van der Waals surface area contributed by atoms with Crippen LogP contribution < -0.4 is 11.1 Å². The van der Waals surface area contributed by atoms with Crippen LogP contribution in [0.5, 0.6) is 0 Å². The molecule has 1 aromatic rings. The number of likely N-dealkylation sites (tertiary alicyclic amines) is 1. The molecule has 2 rings (SSSR count). The van der Waals surface area contributed by atoms with Crippen molar-refractivity contribution in [1.29, 1.82) is 0 Å². The zero-order chi connectivity index (χ0) is 15.8. The number of nitrogens with zero attached hydrogens (tertiary/aromatic N) is 2. The Labute approximate surface area is 156 Å². The van der Waals surface area contributed by atoms with Gasteiger partial charge in [0.25, 0.3) is 0 Å². The summed E-state index contributed by atoms with van der Waals surface area (Å²) in [5.74, 6) is 0.528. The quantitative estimate of drug-likeness (QED) is 0.395. The van der Waals surface area contributed by atoms with Crippen LogP contribution in [0.25, 0.3) is 0 Å². The summed E-state index contributed by atoms with van der Waals surface area (Å²) in [5.41, 5.74) is 8.29. The molecule has 0 bridgehead atoms. The van der Waals surface area contributed by atoms with E-state index in [0.717, 1.165) is 24.2 Å². The van der Waals surface area contributed by atoms with Crippen LogP contribution in [-0.4, -0.2) is 43.6 Å². The smallest absolute Gasteiger partial charge is 0.188 e. The molecule has 1 heterocycles. The van der Waals surface area contributed by atoms with E-state index in [-0.39, 0.29) is 24.0 Å². The van der Waals surface area contributed by atoms with Crippen molar-refractivity contribution in [1.82, 2.24) is 10.2 Å². The van der Waals surface area contributed by atoms with E-state index >= 15 is 0 Å². The number of guanidine groups is 1. The molecule has 1 fully saturated rings. The lowest BCUT2D eigenvalue weighted by Gasteiger charge is -2.23. The first kappa shape index (κ1) is 20.2. The van der Waals surface area contributed by atoms with E-state index in [4.69, 9.17) is 10.5 Å². The molecular formula is C17H29IN4O. The van der Waals surface area contributed by atoms with Crippen molar-refractivity contribution < 1.29 is 4.74 Å². The monoisotopic (exact) mass is 432 g/mol.